The van der Waals surface area contributed by atoms with E-state index in [0.29, 0.717) is 0 Å². The number of hydrogen-bond donors (Lipinski definition) is 0. The highest BCUT2D eigenvalue weighted by Gasteiger charge is 2.19. The topological polar surface area (TPSA) is 0 Å². The summed E-state index contributed by atoms with van der Waals surface area (Å²) in [6.07, 6.45) is 0. The monoisotopic (exact) mass is 582 g/mol. The summed E-state index contributed by atoms with van der Waals surface area (Å²) in [4.78, 5) is 0. The fourth-order valence-electron chi connectivity index (χ4n) is 7.27. The zero-order chi connectivity index (χ0) is 30.5. The molecule has 0 aliphatic rings. The van der Waals surface area contributed by atoms with Gasteiger partial charge >= 0.3 is 0 Å². The molecule has 0 radical (unpaired) electrons. The van der Waals surface area contributed by atoms with Crippen LogP contribution in [0.2, 0.25) is 0 Å². The minimum Gasteiger partial charge on any atom is -0.0622 e. The summed E-state index contributed by atoms with van der Waals surface area (Å²) >= 11 is 0. The first-order chi connectivity index (χ1) is 22.8. The summed E-state index contributed by atoms with van der Waals surface area (Å²) in [6, 6.07) is 66.6. The highest BCUT2D eigenvalue weighted by molar-refractivity contribution is 6.22. The van der Waals surface area contributed by atoms with Gasteiger partial charge in [0.05, 0.1) is 0 Å². The number of rotatable bonds is 4. The SMILES string of the molecule is c1ccc(-c2cccc(-c3c4ccccc4c(-c4ccccc4-c4ccc5cc6ccccc6cc5c4)c4ccccc34)c2)cc1. The molecule has 0 amide bonds. The van der Waals surface area contributed by atoms with Gasteiger partial charge in [0.15, 0.2) is 0 Å². The van der Waals surface area contributed by atoms with Gasteiger partial charge in [-0.3, -0.25) is 0 Å². The molecule has 0 aliphatic carbocycles. The molecule has 214 valence electrons. The molecule has 9 aromatic carbocycles. The van der Waals surface area contributed by atoms with Gasteiger partial charge in [0.2, 0.25) is 0 Å². The summed E-state index contributed by atoms with van der Waals surface area (Å²) in [5, 5.41) is 10.1. The zero-order valence-corrected chi connectivity index (χ0v) is 25.3. The fraction of sp³-hybridized carbons (Fsp3) is 0. The van der Waals surface area contributed by atoms with E-state index < -0.39 is 0 Å². The smallest absolute Gasteiger partial charge is 0.00201 e. The third-order valence-corrected chi connectivity index (χ3v) is 9.40. The first-order valence-corrected chi connectivity index (χ1v) is 15.9. The third kappa shape index (κ3) is 4.38. The van der Waals surface area contributed by atoms with Gasteiger partial charge in [0, 0.05) is 0 Å². The normalized spacial score (nSPS) is 11.5. The molecular weight excluding hydrogens is 553 g/mol. The van der Waals surface area contributed by atoms with Gasteiger partial charge in [-0.15, -0.1) is 0 Å². The summed E-state index contributed by atoms with van der Waals surface area (Å²) in [5.41, 5.74) is 9.97. The van der Waals surface area contributed by atoms with E-state index in [9.17, 15) is 0 Å². The van der Waals surface area contributed by atoms with E-state index in [1.54, 1.807) is 0 Å². The Balaban J connectivity index is 1.30. The molecule has 0 heteroatoms. The molecule has 0 heterocycles. The molecule has 0 bridgehead atoms. The lowest BCUT2D eigenvalue weighted by Gasteiger charge is -2.20. The van der Waals surface area contributed by atoms with Crippen molar-refractivity contribution in [3.8, 4) is 44.5 Å². The molecule has 0 unspecified atom stereocenters. The van der Waals surface area contributed by atoms with Crippen LogP contribution in [0.1, 0.15) is 0 Å². The van der Waals surface area contributed by atoms with E-state index in [2.05, 4.69) is 182 Å². The summed E-state index contributed by atoms with van der Waals surface area (Å²) in [6.45, 7) is 0. The van der Waals surface area contributed by atoms with Gasteiger partial charge in [-0.25, -0.2) is 0 Å². The van der Waals surface area contributed by atoms with Crippen LogP contribution in [0.25, 0.3) is 87.6 Å². The zero-order valence-electron chi connectivity index (χ0n) is 25.3. The standard InChI is InChI=1S/C46H30/c1-2-13-31(14-3-1)32-17-12-18-37(28-32)45-41-21-8-10-23-43(41)46(44-24-11-9-22-42(44)45)40-20-7-6-19-39(40)36-26-25-35-27-33-15-4-5-16-34(33)29-38(35)30-36/h1-30H. The maximum atomic E-state index is 2.36. The van der Waals surface area contributed by atoms with E-state index in [-0.39, 0.29) is 0 Å². The van der Waals surface area contributed by atoms with Crippen molar-refractivity contribution in [1.29, 1.82) is 0 Å². The van der Waals surface area contributed by atoms with Gasteiger partial charge < -0.3 is 0 Å². The number of hydrogen-bond acceptors (Lipinski definition) is 0. The Bertz CT molecular complexity index is 2520. The van der Waals surface area contributed by atoms with Crippen LogP contribution in [0.4, 0.5) is 0 Å². The minimum absolute atomic E-state index is 1.23. The first kappa shape index (κ1) is 26.4. The van der Waals surface area contributed by atoms with Crippen LogP contribution in [-0.2, 0) is 0 Å². The number of fused-ring (bicyclic) bond motifs is 4. The van der Waals surface area contributed by atoms with E-state index in [4.69, 9.17) is 0 Å². The van der Waals surface area contributed by atoms with Crippen molar-refractivity contribution in [3.63, 3.8) is 0 Å². The van der Waals surface area contributed by atoms with Crippen molar-refractivity contribution in [2.24, 2.45) is 0 Å². The molecule has 0 saturated carbocycles. The molecule has 46 heavy (non-hydrogen) atoms. The molecule has 0 atom stereocenters. The van der Waals surface area contributed by atoms with E-state index in [0.717, 1.165) is 0 Å². The van der Waals surface area contributed by atoms with Crippen molar-refractivity contribution in [1.82, 2.24) is 0 Å². The van der Waals surface area contributed by atoms with Crippen molar-refractivity contribution >= 4 is 43.1 Å². The van der Waals surface area contributed by atoms with Crippen LogP contribution in [0.15, 0.2) is 182 Å². The summed E-state index contributed by atoms with van der Waals surface area (Å²) < 4.78 is 0. The van der Waals surface area contributed by atoms with Crippen LogP contribution < -0.4 is 0 Å². The van der Waals surface area contributed by atoms with E-state index in [1.165, 1.54) is 87.6 Å². The number of benzene rings is 9. The van der Waals surface area contributed by atoms with E-state index >= 15 is 0 Å². The van der Waals surface area contributed by atoms with Crippen LogP contribution >= 0.6 is 0 Å². The van der Waals surface area contributed by atoms with Crippen molar-refractivity contribution in [2.75, 3.05) is 0 Å². The van der Waals surface area contributed by atoms with Gasteiger partial charge in [0.1, 0.15) is 0 Å². The summed E-state index contributed by atoms with van der Waals surface area (Å²) in [5.74, 6) is 0. The lowest BCUT2D eigenvalue weighted by molar-refractivity contribution is 1.60. The predicted octanol–water partition coefficient (Wildman–Crippen LogP) is 13.0. The van der Waals surface area contributed by atoms with Crippen molar-refractivity contribution < 1.29 is 0 Å². The molecular formula is C46H30. The fourth-order valence-corrected chi connectivity index (χ4v) is 7.27. The lowest BCUT2D eigenvalue weighted by atomic mass is 9.83. The van der Waals surface area contributed by atoms with Crippen molar-refractivity contribution in [2.45, 2.75) is 0 Å². The molecule has 0 nitrogen and oxygen atoms in total. The quantitative estimate of drug-likeness (QED) is 0.181. The largest absolute Gasteiger partial charge is 0.0622 e. The van der Waals surface area contributed by atoms with Crippen LogP contribution in [0, 0.1) is 0 Å². The highest BCUT2D eigenvalue weighted by atomic mass is 14.2. The predicted molar refractivity (Wildman–Crippen MR) is 198 cm³/mol. The Kier molecular flexibility index (Phi) is 6.25. The first-order valence-electron chi connectivity index (χ1n) is 15.9. The average Bonchev–Trinajstić information content (AvgIpc) is 3.13. The molecule has 9 aromatic rings. The molecule has 0 N–H and O–H groups in total. The van der Waals surface area contributed by atoms with Gasteiger partial charge in [0.25, 0.3) is 0 Å². The summed E-state index contributed by atoms with van der Waals surface area (Å²) in [7, 11) is 0. The second-order valence-corrected chi connectivity index (χ2v) is 12.1. The molecule has 0 fully saturated rings. The van der Waals surface area contributed by atoms with Crippen molar-refractivity contribution in [3.05, 3.63) is 182 Å². The van der Waals surface area contributed by atoms with E-state index in [1.807, 2.05) is 0 Å². The molecule has 9 rings (SSSR count). The van der Waals surface area contributed by atoms with Crippen LogP contribution in [0.3, 0.4) is 0 Å². The van der Waals surface area contributed by atoms with Gasteiger partial charge in [-0.05, 0) is 112 Å². The van der Waals surface area contributed by atoms with Gasteiger partial charge in [-0.2, -0.15) is 0 Å². The highest BCUT2D eigenvalue weighted by Crippen LogP contribution is 2.46. The van der Waals surface area contributed by atoms with Crippen LogP contribution in [-0.4, -0.2) is 0 Å². The lowest BCUT2D eigenvalue weighted by Crippen LogP contribution is -1.93. The molecule has 0 aromatic heterocycles. The van der Waals surface area contributed by atoms with Crippen LogP contribution in [0.5, 0.6) is 0 Å². The average molecular weight is 583 g/mol. The maximum Gasteiger partial charge on any atom is -0.00201 e. The Morgan fingerprint density at radius 3 is 1.41 bits per heavy atom. The molecule has 0 aliphatic heterocycles. The third-order valence-electron chi connectivity index (χ3n) is 9.40. The Morgan fingerprint density at radius 1 is 0.217 bits per heavy atom. The second-order valence-electron chi connectivity index (χ2n) is 12.1. The minimum atomic E-state index is 1.23. The second kappa shape index (κ2) is 10.9. The molecule has 0 spiro atoms. The Morgan fingerprint density at radius 2 is 0.717 bits per heavy atom. The Hall–Kier alpha value is -5.98. The maximum absolute atomic E-state index is 2.36. The Labute approximate surface area is 268 Å². The van der Waals surface area contributed by atoms with Gasteiger partial charge in [-0.1, -0.05) is 158 Å². The molecule has 0 saturated heterocycles.